The van der Waals surface area contributed by atoms with Crippen molar-refractivity contribution in [3.8, 4) is 6.07 Å². The van der Waals surface area contributed by atoms with Gasteiger partial charge in [-0.3, -0.25) is 0 Å². The van der Waals surface area contributed by atoms with Crippen LogP contribution in [0.2, 0.25) is 0 Å². The summed E-state index contributed by atoms with van der Waals surface area (Å²) < 4.78 is 38.9. The van der Waals surface area contributed by atoms with E-state index in [1.165, 1.54) is 0 Å². The van der Waals surface area contributed by atoms with Crippen LogP contribution >= 0.6 is 0 Å². The fraction of sp³-hybridized carbons (Fsp3) is 0.0714. The van der Waals surface area contributed by atoms with Crippen molar-refractivity contribution in [1.29, 1.82) is 5.26 Å². The number of benzene rings is 2. The maximum Gasteiger partial charge on any atom is 0.194 e. The van der Waals surface area contributed by atoms with E-state index in [1.54, 1.807) is 25.1 Å². The van der Waals surface area contributed by atoms with Crippen LogP contribution < -0.4 is 5.32 Å². The first kappa shape index (κ1) is 13.0. The Kier molecular flexibility index (Phi) is 3.43. The average molecular weight is 262 g/mol. The molecule has 0 saturated carbocycles. The maximum atomic E-state index is 13.0. The fourth-order valence-corrected chi connectivity index (χ4v) is 1.66. The highest BCUT2D eigenvalue weighted by molar-refractivity contribution is 5.62. The Bertz CT molecular complexity index is 652. The van der Waals surface area contributed by atoms with Gasteiger partial charge in [0.05, 0.1) is 11.6 Å². The van der Waals surface area contributed by atoms with Crippen LogP contribution in [0.3, 0.4) is 0 Å². The Labute approximate surface area is 108 Å². The topological polar surface area (TPSA) is 35.8 Å². The van der Waals surface area contributed by atoms with Crippen LogP contribution in [0.4, 0.5) is 24.5 Å². The van der Waals surface area contributed by atoms with Gasteiger partial charge in [0.1, 0.15) is 0 Å². The minimum absolute atomic E-state index is 0.0977. The molecule has 96 valence electrons. The molecule has 0 saturated heterocycles. The summed E-state index contributed by atoms with van der Waals surface area (Å²) in [5.41, 5.74) is 1.90. The number of nitrogens with zero attached hydrogens (tertiary/aromatic N) is 1. The lowest BCUT2D eigenvalue weighted by atomic mass is 10.1. The zero-order valence-corrected chi connectivity index (χ0v) is 9.97. The SMILES string of the molecule is Cc1cc(Nc2cc(F)c(F)c(F)c2)ccc1C#N. The summed E-state index contributed by atoms with van der Waals surface area (Å²) in [7, 11) is 0. The molecule has 0 atom stereocenters. The second-order valence-electron chi connectivity index (χ2n) is 4.02. The third-order valence-corrected chi connectivity index (χ3v) is 2.62. The Hall–Kier alpha value is -2.48. The molecule has 0 bridgehead atoms. The third kappa shape index (κ3) is 2.68. The van der Waals surface area contributed by atoms with Crippen LogP contribution in [-0.2, 0) is 0 Å². The molecule has 0 spiro atoms. The van der Waals surface area contributed by atoms with E-state index in [-0.39, 0.29) is 5.69 Å². The lowest BCUT2D eigenvalue weighted by Gasteiger charge is -2.08. The minimum Gasteiger partial charge on any atom is -0.355 e. The molecule has 0 heterocycles. The molecular formula is C14H9F3N2. The van der Waals surface area contributed by atoms with Gasteiger partial charge in [-0.2, -0.15) is 5.26 Å². The van der Waals surface area contributed by atoms with Gasteiger partial charge in [0.15, 0.2) is 17.5 Å². The van der Waals surface area contributed by atoms with E-state index in [2.05, 4.69) is 5.32 Å². The van der Waals surface area contributed by atoms with Gasteiger partial charge in [0.25, 0.3) is 0 Å². The molecule has 0 amide bonds. The number of hydrogen-bond donors (Lipinski definition) is 1. The predicted octanol–water partition coefficient (Wildman–Crippen LogP) is 4.03. The zero-order valence-electron chi connectivity index (χ0n) is 9.97. The quantitative estimate of drug-likeness (QED) is 0.829. The number of halogens is 3. The average Bonchev–Trinajstić information content (AvgIpc) is 2.36. The van der Waals surface area contributed by atoms with Gasteiger partial charge in [-0.05, 0) is 30.7 Å². The molecule has 0 fully saturated rings. The van der Waals surface area contributed by atoms with Gasteiger partial charge in [-0.25, -0.2) is 13.2 Å². The molecule has 19 heavy (non-hydrogen) atoms. The number of nitrogens with one attached hydrogen (secondary N) is 1. The summed E-state index contributed by atoms with van der Waals surface area (Å²) in [5, 5.41) is 11.5. The van der Waals surface area contributed by atoms with E-state index in [0.29, 0.717) is 11.3 Å². The molecule has 0 aliphatic rings. The molecule has 2 aromatic rings. The van der Waals surface area contributed by atoms with Crippen molar-refractivity contribution in [2.45, 2.75) is 6.92 Å². The molecule has 2 aromatic carbocycles. The highest BCUT2D eigenvalue weighted by Gasteiger charge is 2.10. The zero-order chi connectivity index (χ0) is 14.0. The van der Waals surface area contributed by atoms with Gasteiger partial charge < -0.3 is 5.32 Å². The number of anilines is 2. The summed E-state index contributed by atoms with van der Waals surface area (Å²) in [4.78, 5) is 0. The van der Waals surface area contributed by atoms with E-state index >= 15 is 0 Å². The second kappa shape index (κ2) is 5.02. The molecule has 1 N–H and O–H groups in total. The van der Waals surface area contributed by atoms with Crippen molar-refractivity contribution in [2.24, 2.45) is 0 Å². The third-order valence-electron chi connectivity index (χ3n) is 2.62. The fourth-order valence-electron chi connectivity index (χ4n) is 1.66. The number of nitriles is 1. The van der Waals surface area contributed by atoms with E-state index in [4.69, 9.17) is 5.26 Å². The highest BCUT2D eigenvalue weighted by Crippen LogP contribution is 2.22. The molecule has 0 radical (unpaired) electrons. The molecule has 0 unspecified atom stereocenters. The summed E-state index contributed by atoms with van der Waals surface area (Å²) in [6.07, 6.45) is 0. The molecule has 0 aromatic heterocycles. The summed E-state index contributed by atoms with van der Waals surface area (Å²) >= 11 is 0. The van der Waals surface area contributed by atoms with Gasteiger partial charge in [0.2, 0.25) is 0 Å². The Morgan fingerprint density at radius 2 is 1.63 bits per heavy atom. The van der Waals surface area contributed by atoms with E-state index < -0.39 is 17.5 Å². The predicted molar refractivity (Wildman–Crippen MR) is 65.5 cm³/mol. The van der Waals surface area contributed by atoms with Gasteiger partial charge in [-0.15, -0.1) is 0 Å². The molecule has 0 aliphatic carbocycles. The number of aryl methyl sites for hydroxylation is 1. The van der Waals surface area contributed by atoms with E-state index in [1.807, 2.05) is 6.07 Å². The summed E-state index contributed by atoms with van der Waals surface area (Å²) in [5.74, 6) is -4.01. The lowest BCUT2D eigenvalue weighted by molar-refractivity contribution is 0.448. The van der Waals surface area contributed by atoms with Gasteiger partial charge in [0, 0.05) is 23.5 Å². The van der Waals surface area contributed by atoms with Crippen LogP contribution in [0.25, 0.3) is 0 Å². The van der Waals surface area contributed by atoms with Gasteiger partial charge >= 0.3 is 0 Å². The van der Waals surface area contributed by atoms with E-state index in [9.17, 15) is 13.2 Å². The molecular weight excluding hydrogens is 253 g/mol. The molecule has 2 nitrogen and oxygen atoms in total. The lowest BCUT2D eigenvalue weighted by Crippen LogP contribution is -1.97. The monoisotopic (exact) mass is 262 g/mol. The smallest absolute Gasteiger partial charge is 0.194 e. The van der Waals surface area contributed by atoms with Crippen LogP contribution in [0, 0.1) is 35.7 Å². The van der Waals surface area contributed by atoms with Crippen molar-refractivity contribution in [1.82, 2.24) is 0 Å². The summed E-state index contributed by atoms with van der Waals surface area (Å²) in [6.45, 7) is 1.75. The number of rotatable bonds is 2. The minimum atomic E-state index is -1.50. The van der Waals surface area contributed by atoms with Crippen molar-refractivity contribution in [3.63, 3.8) is 0 Å². The number of hydrogen-bond acceptors (Lipinski definition) is 2. The molecule has 0 aliphatic heterocycles. The standard InChI is InChI=1S/C14H9F3N2/c1-8-4-10(3-2-9(8)7-18)19-11-5-12(15)14(17)13(16)6-11/h2-6,19H,1H3. The molecule has 5 heteroatoms. The van der Waals surface area contributed by atoms with Gasteiger partial charge in [-0.1, -0.05) is 0 Å². The first-order valence-corrected chi connectivity index (χ1v) is 5.43. The van der Waals surface area contributed by atoms with Crippen molar-refractivity contribution in [2.75, 3.05) is 5.32 Å². The summed E-state index contributed by atoms with van der Waals surface area (Å²) in [6, 6.07) is 8.61. The second-order valence-corrected chi connectivity index (χ2v) is 4.02. The van der Waals surface area contributed by atoms with Crippen molar-refractivity contribution >= 4 is 11.4 Å². The normalized spacial score (nSPS) is 10.1. The Morgan fingerprint density at radius 3 is 2.16 bits per heavy atom. The van der Waals surface area contributed by atoms with Crippen LogP contribution in [0.1, 0.15) is 11.1 Å². The highest BCUT2D eigenvalue weighted by atomic mass is 19.2. The Morgan fingerprint density at radius 1 is 1.00 bits per heavy atom. The first-order chi connectivity index (χ1) is 9.01. The first-order valence-electron chi connectivity index (χ1n) is 5.43. The maximum absolute atomic E-state index is 13.0. The van der Waals surface area contributed by atoms with Crippen molar-refractivity contribution < 1.29 is 13.2 Å². The Balaban J connectivity index is 2.32. The van der Waals surface area contributed by atoms with Crippen molar-refractivity contribution in [3.05, 3.63) is 58.9 Å². The van der Waals surface area contributed by atoms with E-state index in [0.717, 1.165) is 17.7 Å². The van der Waals surface area contributed by atoms with Crippen LogP contribution in [-0.4, -0.2) is 0 Å². The van der Waals surface area contributed by atoms with Crippen LogP contribution in [0.15, 0.2) is 30.3 Å². The van der Waals surface area contributed by atoms with Crippen LogP contribution in [0.5, 0.6) is 0 Å². The molecule has 2 rings (SSSR count). The largest absolute Gasteiger partial charge is 0.355 e.